The smallest absolute Gasteiger partial charge is 0.0998 e. The van der Waals surface area contributed by atoms with Gasteiger partial charge in [-0.25, -0.2) is 0 Å². The maximum atomic E-state index is 9.16. The van der Waals surface area contributed by atoms with Gasteiger partial charge in [0.15, 0.2) is 0 Å². The molecule has 0 amide bonds. The highest BCUT2D eigenvalue weighted by Crippen LogP contribution is 2.30. The second-order valence-corrected chi connectivity index (χ2v) is 4.50. The number of nitrogens with zero attached hydrogens (tertiary/aromatic N) is 2. The van der Waals surface area contributed by atoms with Crippen LogP contribution in [0.2, 0.25) is 0 Å². The summed E-state index contributed by atoms with van der Waals surface area (Å²) >= 11 is 0. The Morgan fingerprint density at radius 3 is 2.56 bits per heavy atom. The van der Waals surface area contributed by atoms with Gasteiger partial charge in [0.25, 0.3) is 0 Å². The van der Waals surface area contributed by atoms with E-state index in [1.807, 2.05) is 24.3 Å². The third-order valence-electron chi connectivity index (χ3n) is 3.42. The van der Waals surface area contributed by atoms with E-state index in [1.165, 1.54) is 11.1 Å². The number of anilines is 1. The summed E-state index contributed by atoms with van der Waals surface area (Å²) in [5, 5.41) is 11.4. The van der Waals surface area contributed by atoms with Crippen LogP contribution in [0.5, 0.6) is 0 Å². The average Bonchev–Trinajstić information content (AvgIpc) is 2.47. The quantitative estimate of drug-likeness (QED) is 0.706. The molecule has 2 heteroatoms. The molecule has 0 fully saturated rings. The summed E-state index contributed by atoms with van der Waals surface area (Å²) in [5.74, 6) is 0. The van der Waals surface area contributed by atoms with Crippen LogP contribution in [0, 0.1) is 11.3 Å². The Morgan fingerprint density at radius 2 is 1.83 bits per heavy atom. The topological polar surface area (TPSA) is 27.0 Å². The Balaban J connectivity index is 2.19. The minimum Gasteiger partial charge on any atom is -0.367 e. The zero-order chi connectivity index (χ0) is 12.4. The number of rotatable bonds is 1. The van der Waals surface area contributed by atoms with E-state index >= 15 is 0 Å². The van der Waals surface area contributed by atoms with Gasteiger partial charge in [-0.05, 0) is 18.6 Å². The van der Waals surface area contributed by atoms with Crippen LogP contribution < -0.4 is 4.90 Å². The van der Waals surface area contributed by atoms with Crippen molar-refractivity contribution in [3.05, 3.63) is 54.1 Å². The fourth-order valence-corrected chi connectivity index (χ4v) is 2.52. The maximum Gasteiger partial charge on any atom is 0.0998 e. The minimum absolute atomic E-state index is 0.752. The van der Waals surface area contributed by atoms with E-state index in [9.17, 15) is 0 Å². The van der Waals surface area contributed by atoms with Crippen LogP contribution in [0.25, 0.3) is 10.8 Å². The Bertz CT molecular complexity index is 650. The second-order valence-electron chi connectivity index (χ2n) is 4.50. The standard InChI is InChI=1S/C16H14N2/c17-12-13-8-9-16(18-10-4-1-5-11-18)15-7-3-2-6-14(13)15/h1-4,6-9H,5,10-11H2. The second kappa shape index (κ2) is 4.54. The molecule has 88 valence electrons. The van der Waals surface area contributed by atoms with Crippen LogP contribution in [0.4, 0.5) is 5.69 Å². The molecule has 18 heavy (non-hydrogen) atoms. The van der Waals surface area contributed by atoms with Crippen molar-refractivity contribution in [1.29, 1.82) is 5.26 Å². The van der Waals surface area contributed by atoms with Crippen molar-refractivity contribution in [1.82, 2.24) is 0 Å². The van der Waals surface area contributed by atoms with Crippen LogP contribution >= 0.6 is 0 Å². The lowest BCUT2D eigenvalue weighted by Crippen LogP contribution is -2.26. The summed E-state index contributed by atoms with van der Waals surface area (Å²) in [6, 6.07) is 14.4. The summed E-state index contributed by atoms with van der Waals surface area (Å²) in [7, 11) is 0. The van der Waals surface area contributed by atoms with Gasteiger partial charge in [-0.15, -0.1) is 0 Å². The number of hydrogen-bond acceptors (Lipinski definition) is 2. The van der Waals surface area contributed by atoms with Crippen LogP contribution in [-0.4, -0.2) is 13.1 Å². The van der Waals surface area contributed by atoms with Gasteiger partial charge < -0.3 is 4.90 Å². The first-order valence-corrected chi connectivity index (χ1v) is 6.22. The van der Waals surface area contributed by atoms with E-state index in [0.717, 1.165) is 30.5 Å². The summed E-state index contributed by atoms with van der Waals surface area (Å²) in [4.78, 5) is 2.36. The maximum absolute atomic E-state index is 9.16. The summed E-state index contributed by atoms with van der Waals surface area (Å²) in [6.07, 6.45) is 5.52. The molecule has 1 heterocycles. The molecule has 2 nitrogen and oxygen atoms in total. The van der Waals surface area contributed by atoms with Crippen molar-refractivity contribution < 1.29 is 0 Å². The molecule has 2 aromatic rings. The number of hydrogen-bond donors (Lipinski definition) is 0. The van der Waals surface area contributed by atoms with Crippen molar-refractivity contribution >= 4 is 16.5 Å². The van der Waals surface area contributed by atoms with Crippen molar-refractivity contribution in [3.63, 3.8) is 0 Å². The van der Waals surface area contributed by atoms with Crippen LogP contribution in [0.1, 0.15) is 12.0 Å². The van der Waals surface area contributed by atoms with Crippen molar-refractivity contribution in [3.8, 4) is 6.07 Å². The summed E-state index contributed by atoms with van der Waals surface area (Å²) in [6.45, 7) is 2.00. The fraction of sp³-hybridized carbons (Fsp3) is 0.188. The van der Waals surface area contributed by atoms with Crippen molar-refractivity contribution in [2.45, 2.75) is 6.42 Å². The van der Waals surface area contributed by atoms with Gasteiger partial charge >= 0.3 is 0 Å². The molecule has 1 aliphatic heterocycles. The number of benzene rings is 2. The highest BCUT2D eigenvalue weighted by molar-refractivity contribution is 5.97. The SMILES string of the molecule is N#Cc1ccc(N2CC=CCC2)c2ccccc12. The van der Waals surface area contributed by atoms with E-state index in [2.05, 4.69) is 35.3 Å². The lowest BCUT2D eigenvalue weighted by Gasteiger charge is -2.27. The van der Waals surface area contributed by atoms with Gasteiger partial charge in [-0.1, -0.05) is 36.4 Å². The molecule has 0 spiro atoms. The number of nitriles is 1. The molecule has 0 aliphatic carbocycles. The van der Waals surface area contributed by atoms with Gasteiger partial charge in [0.2, 0.25) is 0 Å². The molecule has 0 bridgehead atoms. The Morgan fingerprint density at radius 1 is 1.00 bits per heavy atom. The first kappa shape index (κ1) is 10.9. The highest BCUT2D eigenvalue weighted by atomic mass is 15.1. The number of fused-ring (bicyclic) bond motifs is 1. The first-order valence-electron chi connectivity index (χ1n) is 6.22. The monoisotopic (exact) mass is 234 g/mol. The first-order chi connectivity index (χ1) is 8.90. The molecule has 0 N–H and O–H groups in total. The molecule has 0 saturated heterocycles. The molecule has 0 radical (unpaired) electrons. The molecular weight excluding hydrogens is 220 g/mol. The Hall–Kier alpha value is -2.27. The van der Waals surface area contributed by atoms with Crippen molar-refractivity contribution in [2.75, 3.05) is 18.0 Å². The van der Waals surface area contributed by atoms with Gasteiger partial charge in [-0.2, -0.15) is 5.26 Å². The third kappa shape index (κ3) is 1.74. The zero-order valence-corrected chi connectivity index (χ0v) is 10.1. The van der Waals surface area contributed by atoms with E-state index in [4.69, 9.17) is 5.26 Å². The van der Waals surface area contributed by atoms with Crippen molar-refractivity contribution in [2.24, 2.45) is 0 Å². The Labute approximate surface area is 107 Å². The van der Waals surface area contributed by atoms with E-state index in [1.54, 1.807) is 0 Å². The van der Waals surface area contributed by atoms with Crippen LogP contribution in [-0.2, 0) is 0 Å². The highest BCUT2D eigenvalue weighted by Gasteiger charge is 2.12. The molecule has 0 aromatic heterocycles. The molecule has 1 aliphatic rings. The van der Waals surface area contributed by atoms with E-state index in [-0.39, 0.29) is 0 Å². The molecular formula is C16H14N2. The van der Waals surface area contributed by atoms with E-state index in [0.29, 0.717) is 0 Å². The predicted molar refractivity (Wildman–Crippen MR) is 74.6 cm³/mol. The lowest BCUT2D eigenvalue weighted by molar-refractivity contribution is 0.824. The molecule has 0 unspecified atom stereocenters. The molecule has 2 aromatic carbocycles. The van der Waals surface area contributed by atoms with Gasteiger partial charge in [0.1, 0.15) is 0 Å². The lowest BCUT2D eigenvalue weighted by atomic mass is 10.0. The predicted octanol–water partition coefficient (Wildman–Crippen LogP) is 3.48. The van der Waals surface area contributed by atoms with Gasteiger partial charge in [-0.3, -0.25) is 0 Å². The molecule has 3 rings (SSSR count). The molecule has 0 atom stereocenters. The largest absolute Gasteiger partial charge is 0.367 e. The zero-order valence-electron chi connectivity index (χ0n) is 10.1. The van der Waals surface area contributed by atoms with Crippen LogP contribution in [0.15, 0.2) is 48.6 Å². The molecule has 0 saturated carbocycles. The minimum atomic E-state index is 0.752. The van der Waals surface area contributed by atoms with Crippen LogP contribution in [0.3, 0.4) is 0 Å². The normalized spacial score (nSPS) is 14.7. The fourth-order valence-electron chi connectivity index (χ4n) is 2.52. The average molecular weight is 234 g/mol. The summed E-state index contributed by atoms with van der Waals surface area (Å²) < 4.78 is 0. The van der Waals surface area contributed by atoms with Gasteiger partial charge in [0, 0.05) is 29.5 Å². The Kier molecular flexibility index (Phi) is 2.74. The van der Waals surface area contributed by atoms with E-state index < -0.39 is 0 Å². The van der Waals surface area contributed by atoms with Gasteiger partial charge in [0.05, 0.1) is 11.6 Å². The third-order valence-corrected chi connectivity index (χ3v) is 3.42. The summed E-state index contributed by atoms with van der Waals surface area (Å²) in [5.41, 5.74) is 1.98.